The number of hydrogen-bond donors (Lipinski definition) is 1. The van der Waals surface area contributed by atoms with E-state index in [1.165, 1.54) is 6.21 Å². The van der Waals surface area contributed by atoms with Crippen LogP contribution < -0.4 is 0 Å². The zero-order valence-corrected chi connectivity index (χ0v) is 5.03. The molecule has 0 bridgehead atoms. The van der Waals surface area contributed by atoms with Crippen LogP contribution in [0.4, 0.5) is 0 Å². The lowest BCUT2D eigenvalue weighted by Gasteiger charge is -2.13. The van der Waals surface area contributed by atoms with E-state index in [9.17, 15) is 0 Å². The molecule has 50 valence electrons. The largest absolute Gasteiger partial charge is 0.493 e. The number of ether oxygens (including phenoxy) is 1. The lowest BCUT2D eigenvalue weighted by Crippen LogP contribution is -2.13. The van der Waals surface area contributed by atoms with Gasteiger partial charge in [-0.05, 0) is 18.9 Å². The van der Waals surface area contributed by atoms with Crippen molar-refractivity contribution in [2.75, 3.05) is 0 Å². The van der Waals surface area contributed by atoms with Crippen molar-refractivity contribution in [1.29, 1.82) is 0 Å². The van der Waals surface area contributed by atoms with Gasteiger partial charge in [0, 0.05) is 0 Å². The van der Waals surface area contributed by atoms with E-state index in [4.69, 9.17) is 9.94 Å². The summed E-state index contributed by atoms with van der Waals surface area (Å²) in [6, 6.07) is 0. The smallest absolute Gasteiger partial charge is 0.136 e. The summed E-state index contributed by atoms with van der Waals surface area (Å²) >= 11 is 0. The minimum atomic E-state index is -0.0278. The van der Waals surface area contributed by atoms with Crippen LogP contribution in [-0.4, -0.2) is 17.5 Å². The van der Waals surface area contributed by atoms with E-state index in [1.54, 1.807) is 6.26 Å². The number of nitrogens with zero attached hydrogens (tertiary/aromatic N) is 1. The Labute approximate surface area is 53.6 Å². The molecule has 0 saturated heterocycles. The van der Waals surface area contributed by atoms with Gasteiger partial charge in [0.15, 0.2) is 0 Å². The third-order valence-corrected chi connectivity index (χ3v) is 1.20. The lowest BCUT2D eigenvalue weighted by molar-refractivity contribution is 0.180. The van der Waals surface area contributed by atoms with Gasteiger partial charge in [0.25, 0.3) is 0 Å². The summed E-state index contributed by atoms with van der Waals surface area (Å²) in [6.45, 7) is 0. The van der Waals surface area contributed by atoms with Crippen molar-refractivity contribution in [2.24, 2.45) is 5.16 Å². The third kappa shape index (κ3) is 1.76. The summed E-state index contributed by atoms with van der Waals surface area (Å²) in [6.07, 6.45) is 6.85. The minimum absolute atomic E-state index is 0.0278. The van der Waals surface area contributed by atoms with Gasteiger partial charge in [-0.1, -0.05) is 5.16 Å². The van der Waals surface area contributed by atoms with Gasteiger partial charge in [0.05, 0.1) is 12.5 Å². The summed E-state index contributed by atoms with van der Waals surface area (Å²) in [4.78, 5) is 0. The molecule has 1 heterocycles. The molecule has 1 aliphatic heterocycles. The van der Waals surface area contributed by atoms with Crippen molar-refractivity contribution >= 4 is 6.21 Å². The predicted molar refractivity (Wildman–Crippen MR) is 33.5 cm³/mol. The molecular weight excluding hydrogens is 118 g/mol. The summed E-state index contributed by atoms with van der Waals surface area (Å²) < 4.78 is 5.03. The first-order valence-electron chi connectivity index (χ1n) is 2.91. The summed E-state index contributed by atoms with van der Waals surface area (Å²) in [5, 5.41) is 11.0. The molecular formula is C6H9NO2. The molecule has 0 aromatic rings. The maximum absolute atomic E-state index is 8.08. The van der Waals surface area contributed by atoms with Crippen molar-refractivity contribution in [3.05, 3.63) is 12.3 Å². The second-order valence-corrected chi connectivity index (χ2v) is 1.89. The van der Waals surface area contributed by atoms with Crippen LogP contribution in [0.2, 0.25) is 0 Å². The second-order valence-electron chi connectivity index (χ2n) is 1.89. The molecule has 0 aromatic heterocycles. The molecule has 1 unspecified atom stereocenters. The highest BCUT2D eigenvalue weighted by molar-refractivity contribution is 5.62. The predicted octanol–water partition coefficient (Wildman–Crippen LogP) is 1.14. The number of allylic oxidation sites excluding steroid dienone is 1. The van der Waals surface area contributed by atoms with Crippen LogP contribution >= 0.6 is 0 Å². The van der Waals surface area contributed by atoms with Gasteiger partial charge in [0.2, 0.25) is 0 Å². The third-order valence-electron chi connectivity index (χ3n) is 1.20. The van der Waals surface area contributed by atoms with E-state index >= 15 is 0 Å². The number of oxime groups is 1. The zero-order chi connectivity index (χ0) is 6.53. The first-order valence-corrected chi connectivity index (χ1v) is 2.91. The van der Waals surface area contributed by atoms with Gasteiger partial charge in [-0.3, -0.25) is 0 Å². The molecule has 0 amide bonds. The quantitative estimate of drug-likeness (QED) is 0.326. The standard InChI is InChI=1S/C6H9NO2/c8-7-5-6-3-1-2-4-9-6/h2,4-6,8H,1,3H2/b7-5+. The summed E-state index contributed by atoms with van der Waals surface area (Å²) in [5.41, 5.74) is 0. The van der Waals surface area contributed by atoms with Crippen LogP contribution in [0, 0.1) is 0 Å². The molecule has 0 aromatic carbocycles. The van der Waals surface area contributed by atoms with Gasteiger partial charge in [-0.2, -0.15) is 0 Å². The average molecular weight is 127 g/mol. The van der Waals surface area contributed by atoms with Gasteiger partial charge in [-0.25, -0.2) is 0 Å². The Morgan fingerprint density at radius 1 is 1.78 bits per heavy atom. The normalized spacial score (nSPS) is 26.4. The van der Waals surface area contributed by atoms with Crippen molar-refractivity contribution in [1.82, 2.24) is 0 Å². The molecule has 1 rings (SSSR count). The van der Waals surface area contributed by atoms with E-state index in [0.29, 0.717) is 0 Å². The maximum Gasteiger partial charge on any atom is 0.136 e. The zero-order valence-electron chi connectivity index (χ0n) is 5.03. The SMILES string of the molecule is O/N=C/C1CCC=CO1. The Bertz CT molecular complexity index is 131. The summed E-state index contributed by atoms with van der Waals surface area (Å²) in [5.74, 6) is 0. The van der Waals surface area contributed by atoms with Gasteiger partial charge in [0.1, 0.15) is 6.10 Å². The van der Waals surface area contributed by atoms with Crippen molar-refractivity contribution < 1.29 is 9.94 Å². The lowest BCUT2D eigenvalue weighted by atomic mass is 10.2. The molecule has 0 saturated carbocycles. The van der Waals surface area contributed by atoms with Gasteiger partial charge < -0.3 is 9.94 Å². The van der Waals surface area contributed by atoms with Gasteiger partial charge >= 0.3 is 0 Å². The van der Waals surface area contributed by atoms with Crippen LogP contribution in [0.25, 0.3) is 0 Å². The minimum Gasteiger partial charge on any atom is -0.493 e. The highest BCUT2D eigenvalue weighted by Gasteiger charge is 2.06. The molecule has 3 heteroatoms. The van der Waals surface area contributed by atoms with E-state index in [2.05, 4.69) is 5.16 Å². The molecule has 0 fully saturated rings. The monoisotopic (exact) mass is 127 g/mol. The van der Waals surface area contributed by atoms with Crippen LogP contribution in [0.5, 0.6) is 0 Å². The highest BCUT2D eigenvalue weighted by atomic mass is 16.5. The maximum atomic E-state index is 8.08. The highest BCUT2D eigenvalue weighted by Crippen LogP contribution is 2.07. The first-order chi connectivity index (χ1) is 4.43. The van der Waals surface area contributed by atoms with E-state index in [-0.39, 0.29) is 6.10 Å². The Kier molecular flexibility index (Phi) is 2.13. The van der Waals surface area contributed by atoms with E-state index < -0.39 is 0 Å². The Morgan fingerprint density at radius 3 is 3.22 bits per heavy atom. The first kappa shape index (κ1) is 6.13. The van der Waals surface area contributed by atoms with Crippen molar-refractivity contribution in [2.45, 2.75) is 18.9 Å². The fraction of sp³-hybridized carbons (Fsp3) is 0.500. The molecule has 0 aliphatic carbocycles. The molecule has 1 atom stereocenters. The van der Waals surface area contributed by atoms with Crippen LogP contribution in [0.15, 0.2) is 17.5 Å². The van der Waals surface area contributed by atoms with Crippen molar-refractivity contribution in [3.8, 4) is 0 Å². The average Bonchev–Trinajstić information content (AvgIpc) is 1.91. The summed E-state index contributed by atoms with van der Waals surface area (Å²) in [7, 11) is 0. The molecule has 1 aliphatic rings. The molecule has 9 heavy (non-hydrogen) atoms. The Hall–Kier alpha value is -0.990. The number of rotatable bonds is 1. The fourth-order valence-corrected chi connectivity index (χ4v) is 0.737. The molecule has 3 nitrogen and oxygen atoms in total. The van der Waals surface area contributed by atoms with Crippen LogP contribution in [0.1, 0.15) is 12.8 Å². The fourth-order valence-electron chi connectivity index (χ4n) is 0.737. The number of hydrogen-bond acceptors (Lipinski definition) is 3. The van der Waals surface area contributed by atoms with Crippen LogP contribution in [-0.2, 0) is 4.74 Å². The second kappa shape index (κ2) is 3.12. The van der Waals surface area contributed by atoms with E-state index in [1.807, 2.05) is 6.08 Å². The Morgan fingerprint density at radius 2 is 2.67 bits per heavy atom. The molecule has 1 N–H and O–H groups in total. The van der Waals surface area contributed by atoms with Gasteiger partial charge in [-0.15, -0.1) is 0 Å². The topological polar surface area (TPSA) is 41.8 Å². The molecule has 0 spiro atoms. The van der Waals surface area contributed by atoms with Crippen molar-refractivity contribution in [3.63, 3.8) is 0 Å². The van der Waals surface area contributed by atoms with Crippen LogP contribution in [0.3, 0.4) is 0 Å². The molecule has 0 radical (unpaired) electrons. The van der Waals surface area contributed by atoms with E-state index in [0.717, 1.165) is 12.8 Å². The Balaban J connectivity index is 2.35.